The summed E-state index contributed by atoms with van der Waals surface area (Å²) < 4.78 is 6.57. The SMILES string of the molecule is CCCNC(=O)[C@@H](Cc1ccccc1)N(Cc1ccccc1)C(=O)COc1ccc(Br)cc1Cl. The van der Waals surface area contributed by atoms with Gasteiger partial charge in [0.15, 0.2) is 6.61 Å². The Morgan fingerprint density at radius 3 is 2.26 bits per heavy atom. The van der Waals surface area contributed by atoms with E-state index in [1.54, 1.807) is 23.1 Å². The molecular weight excluding hydrogens is 516 g/mol. The van der Waals surface area contributed by atoms with E-state index in [0.717, 1.165) is 22.0 Å². The quantitative estimate of drug-likeness (QED) is 0.340. The van der Waals surface area contributed by atoms with Crippen LogP contribution in [0.15, 0.2) is 83.3 Å². The van der Waals surface area contributed by atoms with Crippen LogP contribution in [0.5, 0.6) is 5.75 Å². The Balaban J connectivity index is 1.87. The van der Waals surface area contributed by atoms with Crippen molar-refractivity contribution in [3.63, 3.8) is 0 Å². The van der Waals surface area contributed by atoms with Crippen LogP contribution < -0.4 is 10.1 Å². The van der Waals surface area contributed by atoms with Gasteiger partial charge in [0.1, 0.15) is 11.8 Å². The standard InChI is InChI=1S/C27H28BrClN2O3/c1-2-15-30-27(33)24(16-20-9-5-3-6-10-20)31(18-21-11-7-4-8-12-21)26(32)19-34-25-14-13-22(28)17-23(25)29/h3-14,17,24H,2,15-16,18-19H2,1H3,(H,30,33)/t24-/m1/s1. The molecule has 0 aliphatic rings. The van der Waals surface area contributed by atoms with Gasteiger partial charge in [0.2, 0.25) is 5.91 Å². The highest BCUT2D eigenvalue weighted by atomic mass is 79.9. The molecule has 0 unspecified atom stereocenters. The van der Waals surface area contributed by atoms with Gasteiger partial charge in [-0.2, -0.15) is 0 Å². The lowest BCUT2D eigenvalue weighted by Gasteiger charge is -2.31. The molecule has 34 heavy (non-hydrogen) atoms. The molecule has 3 aromatic rings. The van der Waals surface area contributed by atoms with Crippen molar-refractivity contribution in [2.45, 2.75) is 32.4 Å². The predicted molar refractivity (Wildman–Crippen MR) is 139 cm³/mol. The predicted octanol–water partition coefficient (Wildman–Crippen LogP) is 5.65. The maximum atomic E-state index is 13.5. The van der Waals surface area contributed by atoms with Gasteiger partial charge in [0.25, 0.3) is 5.91 Å². The van der Waals surface area contributed by atoms with Gasteiger partial charge >= 0.3 is 0 Å². The molecule has 0 fully saturated rings. The van der Waals surface area contributed by atoms with Crippen LogP contribution in [0.25, 0.3) is 0 Å². The normalized spacial score (nSPS) is 11.5. The van der Waals surface area contributed by atoms with E-state index >= 15 is 0 Å². The molecular formula is C27H28BrClN2O3. The topological polar surface area (TPSA) is 58.6 Å². The summed E-state index contributed by atoms with van der Waals surface area (Å²) in [6, 6.07) is 23.9. The summed E-state index contributed by atoms with van der Waals surface area (Å²) in [6.07, 6.45) is 1.20. The van der Waals surface area contributed by atoms with Crippen molar-refractivity contribution in [2.24, 2.45) is 0 Å². The molecule has 0 heterocycles. The van der Waals surface area contributed by atoms with Crippen LogP contribution >= 0.6 is 27.5 Å². The van der Waals surface area contributed by atoms with Gasteiger partial charge in [-0.05, 0) is 35.7 Å². The van der Waals surface area contributed by atoms with E-state index in [1.165, 1.54) is 0 Å². The number of ether oxygens (including phenoxy) is 1. The second kappa shape index (κ2) is 13.2. The van der Waals surface area contributed by atoms with Crippen LogP contribution in [-0.2, 0) is 22.6 Å². The van der Waals surface area contributed by atoms with Crippen molar-refractivity contribution in [1.82, 2.24) is 10.2 Å². The Kier molecular flexibility index (Phi) is 9.98. The van der Waals surface area contributed by atoms with Crippen molar-refractivity contribution >= 4 is 39.3 Å². The van der Waals surface area contributed by atoms with Gasteiger partial charge in [-0.1, -0.05) is 95.1 Å². The average molecular weight is 544 g/mol. The van der Waals surface area contributed by atoms with Gasteiger partial charge < -0.3 is 15.0 Å². The highest BCUT2D eigenvalue weighted by Gasteiger charge is 2.30. The van der Waals surface area contributed by atoms with Crippen LogP contribution in [0, 0.1) is 0 Å². The van der Waals surface area contributed by atoms with Gasteiger partial charge in [-0.15, -0.1) is 0 Å². The Hall–Kier alpha value is -2.83. The molecule has 7 heteroatoms. The Bertz CT molecular complexity index is 1080. The fourth-order valence-electron chi connectivity index (χ4n) is 3.51. The van der Waals surface area contributed by atoms with Crippen molar-refractivity contribution in [2.75, 3.05) is 13.2 Å². The third kappa shape index (κ3) is 7.61. The summed E-state index contributed by atoms with van der Waals surface area (Å²) in [7, 11) is 0. The third-order valence-electron chi connectivity index (χ3n) is 5.26. The fourth-order valence-corrected chi connectivity index (χ4v) is 4.24. The zero-order valence-electron chi connectivity index (χ0n) is 19.0. The smallest absolute Gasteiger partial charge is 0.261 e. The summed E-state index contributed by atoms with van der Waals surface area (Å²) in [6.45, 7) is 2.59. The second-order valence-corrected chi connectivity index (χ2v) is 9.19. The maximum Gasteiger partial charge on any atom is 0.261 e. The minimum atomic E-state index is -0.689. The average Bonchev–Trinajstić information content (AvgIpc) is 2.85. The number of nitrogens with zero attached hydrogens (tertiary/aromatic N) is 1. The minimum absolute atomic E-state index is 0.184. The molecule has 2 amide bonds. The van der Waals surface area contributed by atoms with E-state index < -0.39 is 6.04 Å². The third-order valence-corrected chi connectivity index (χ3v) is 6.05. The van der Waals surface area contributed by atoms with Gasteiger partial charge in [-0.25, -0.2) is 0 Å². The van der Waals surface area contributed by atoms with E-state index in [1.807, 2.05) is 67.6 Å². The van der Waals surface area contributed by atoms with Crippen molar-refractivity contribution < 1.29 is 14.3 Å². The first-order valence-corrected chi connectivity index (χ1v) is 12.4. The lowest BCUT2D eigenvalue weighted by atomic mass is 10.0. The number of amides is 2. The number of carbonyl (C=O) groups is 2. The number of hydrogen-bond donors (Lipinski definition) is 1. The first-order valence-electron chi connectivity index (χ1n) is 11.2. The maximum absolute atomic E-state index is 13.5. The Morgan fingerprint density at radius 2 is 1.65 bits per heavy atom. The van der Waals surface area contributed by atoms with E-state index in [2.05, 4.69) is 21.2 Å². The summed E-state index contributed by atoms with van der Waals surface area (Å²) in [5, 5.41) is 3.36. The molecule has 0 bridgehead atoms. The van der Waals surface area contributed by atoms with Crippen LogP contribution in [-0.4, -0.2) is 35.9 Å². The molecule has 1 atom stereocenters. The molecule has 0 aromatic heterocycles. The molecule has 1 N–H and O–H groups in total. The van der Waals surface area contributed by atoms with Gasteiger partial charge in [0.05, 0.1) is 5.02 Å². The molecule has 3 aromatic carbocycles. The molecule has 0 saturated carbocycles. The number of hydrogen-bond acceptors (Lipinski definition) is 3. The molecule has 178 valence electrons. The van der Waals surface area contributed by atoms with Crippen molar-refractivity contribution in [3.8, 4) is 5.75 Å². The monoisotopic (exact) mass is 542 g/mol. The fraction of sp³-hybridized carbons (Fsp3) is 0.259. The molecule has 0 radical (unpaired) electrons. The largest absolute Gasteiger partial charge is 0.482 e. The molecule has 0 spiro atoms. The lowest BCUT2D eigenvalue weighted by molar-refractivity contribution is -0.142. The lowest BCUT2D eigenvalue weighted by Crippen LogP contribution is -2.51. The number of benzene rings is 3. The van der Waals surface area contributed by atoms with Gasteiger partial charge in [0, 0.05) is 24.0 Å². The number of carbonyl (C=O) groups excluding carboxylic acids is 2. The molecule has 0 saturated heterocycles. The number of nitrogens with one attached hydrogen (secondary N) is 1. The molecule has 0 aliphatic heterocycles. The van der Waals surface area contributed by atoms with Crippen LogP contribution in [0.2, 0.25) is 5.02 Å². The summed E-state index contributed by atoms with van der Waals surface area (Å²) in [4.78, 5) is 28.3. The van der Waals surface area contributed by atoms with Crippen molar-refractivity contribution in [3.05, 3.63) is 99.5 Å². The second-order valence-electron chi connectivity index (χ2n) is 7.87. The molecule has 5 nitrogen and oxygen atoms in total. The van der Waals surface area contributed by atoms with E-state index in [4.69, 9.17) is 16.3 Å². The first kappa shape index (κ1) is 25.8. The number of halogens is 2. The van der Waals surface area contributed by atoms with Crippen LogP contribution in [0.3, 0.4) is 0 Å². The molecule has 3 rings (SSSR count). The summed E-state index contributed by atoms with van der Waals surface area (Å²) >= 11 is 9.62. The highest BCUT2D eigenvalue weighted by Crippen LogP contribution is 2.28. The van der Waals surface area contributed by atoms with E-state index in [0.29, 0.717) is 23.7 Å². The summed E-state index contributed by atoms with van der Waals surface area (Å²) in [5.74, 6) is -0.0694. The zero-order chi connectivity index (χ0) is 24.3. The number of rotatable bonds is 11. The highest BCUT2D eigenvalue weighted by molar-refractivity contribution is 9.10. The van der Waals surface area contributed by atoms with Gasteiger partial charge in [-0.3, -0.25) is 9.59 Å². The Morgan fingerprint density at radius 1 is 1.00 bits per heavy atom. The minimum Gasteiger partial charge on any atom is -0.482 e. The molecule has 0 aliphatic carbocycles. The zero-order valence-corrected chi connectivity index (χ0v) is 21.4. The first-order chi connectivity index (χ1) is 16.5. The Labute approximate surface area is 214 Å². The van der Waals surface area contributed by atoms with Crippen molar-refractivity contribution in [1.29, 1.82) is 0 Å². The van der Waals surface area contributed by atoms with E-state index in [9.17, 15) is 9.59 Å². The van der Waals surface area contributed by atoms with E-state index in [-0.39, 0.29) is 25.0 Å². The summed E-state index contributed by atoms with van der Waals surface area (Å²) in [5.41, 5.74) is 1.90. The van der Waals surface area contributed by atoms with Crippen LogP contribution in [0.4, 0.5) is 0 Å². The van der Waals surface area contributed by atoms with Crippen LogP contribution in [0.1, 0.15) is 24.5 Å².